The summed E-state index contributed by atoms with van der Waals surface area (Å²) in [5.41, 5.74) is 7.02. The number of nitrogens with one attached hydrogen (secondary N) is 2. The van der Waals surface area contributed by atoms with E-state index in [0.29, 0.717) is 12.1 Å². The molecule has 0 spiro atoms. The molecule has 2 rings (SSSR count). The molecule has 1 fully saturated rings. The lowest BCUT2D eigenvalue weighted by Crippen LogP contribution is -2.44. The van der Waals surface area contributed by atoms with Gasteiger partial charge in [0.1, 0.15) is 5.60 Å². The zero-order valence-electron chi connectivity index (χ0n) is 12.3. The van der Waals surface area contributed by atoms with Gasteiger partial charge in [0.2, 0.25) is 0 Å². The van der Waals surface area contributed by atoms with Gasteiger partial charge in [0, 0.05) is 23.5 Å². The Bertz CT molecular complexity index is 459. The fraction of sp³-hybridized carbons (Fsp3) is 0.533. The van der Waals surface area contributed by atoms with Crippen LogP contribution in [0.25, 0.3) is 0 Å². The first-order chi connectivity index (χ1) is 9.32. The molecule has 1 amide bonds. The number of rotatable bonds is 3. The van der Waals surface area contributed by atoms with E-state index in [1.54, 1.807) is 0 Å². The topological polar surface area (TPSA) is 76.4 Å². The van der Waals surface area contributed by atoms with Crippen LogP contribution in [0.5, 0.6) is 0 Å². The Labute approximate surface area is 119 Å². The van der Waals surface area contributed by atoms with E-state index in [2.05, 4.69) is 10.6 Å². The zero-order chi connectivity index (χ0) is 14.8. The molecule has 110 valence electrons. The average molecular weight is 277 g/mol. The van der Waals surface area contributed by atoms with Crippen LogP contribution in [-0.2, 0) is 4.74 Å². The number of amides is 1. The fourth-order valence-corrected chi connectivity index (χ4v) is 2.09. The van der Waals surface area contributed by atoms with Gasteiger partial charge >= 0.3 is 6.09 Å². The van der Waals surface area contributed by atoms with E-state index in [4.69, 9.17) is 10.5 Å². The Morgan fingerprint density at radius 2 is 1.75 bits per heavy atom. The molecule has 0 aliphatic heterocycles. The predicted molar refractivity (Wildman–Crippen MR) is 80.9 cm³/mol. The molecule has 0 unspecified atom stereocenters. The second kappa shape index (κ2) is 5.71. The Kier molecular flexibility index (Phi) is 4.18. The molecule has 1 aromatic carbocycles. The minimum Gasteiger partial charge on any atom is -0.444 e. The summed E-state index contributed by atoms with van der Waals surface area (Å²) < 4.78 is 5.20. The zero-order valence-corrected chi connectivity index (χ0v) is 12.3. The maximum absolute atomic E-state index is 11.6. The molecule has 5 nitrogen and oxygen atoms in total. The summed E-state index contributed by atoms with van der Waals surface area (Å²) in [5.74, 6) is 0. The van der Waals surface area contributed by atoms with Crippen molar-refractivity contribution >= 4 is 17.5 Å². The highest BCUT2D eigenvalue weighted by molar-refractivity contribution is 5.85. The van der Waals surface area contributed by atoms with Crippen LogP contribution in [0.3, 0.4) is 0 Å². The first-order valence-corrected chi connectivity index (χ1v) is 6.94. The summed E-state index contributed by atoms with van der Waals surface area (Å²) in [6, 6.07) is 8.39. The van der Waals surface area contributed by atoms with Crippen LogP contribution in [0.4, 0.5) is 16.2 Å². The van der Waals surface area contributed by atoms with Gasteiger partial charge < -0.3 is 15.8 Å². The number of nitrogens with two attached hydrogens (primary N) is 1. The van der Waals surface area contributed by atoms with E-state index in [9.17, 15) is 4.79 Å². The van der Waals surface area contributed by atoms with Gasteiger partial charge in [-0.1, -0.05) is 0 Å². The van der Waals surface area contributed by atoms with Gasteiger partial charge in [-0.15, -0.1) is 0 Å². The molecule has 0 atom stereocenters. The molecule has 4 N–H and O–H groups in total. The lowest BCUT2D eigenvalue weighted by atomic mass is 9.87. The molecule has 1 aliphatic carbocycles. The number of hydrogen-bond acceptors (Lipinski definition) is 4. The summed E-state index contributed by atoms with van der Waals surface area (Å²) in [7, 11) is 0. The van der Waals surface area contributed by atoms with Crippen LogP contribution >= 0.6 is 0 Å². The summed E-state index contributed by atoms with van der Waals surface area (Å²) >= 11 is 0. The lowest BCUT2D eigenvalue weighted by molar-refractivity contribution is 0.0636. The Hall–Kier alpha value is -1.75. The molecule has 20 heavy (non-hydrogen) atoms. The standard InChI is InChI=1S/C15H23N3O2/c1-15(2,3)20-14(19)18-12-6-4-11(5-7-12)17-13-8-10(16)9-13/h4-7,10,13,17H,8-9,16H2,1-3H3,(H,18,19). The van der Waals surface area contributed by atoms with Crippen LogP contribution in [0.15, 0.2) is 24.3 Å². The number of anilines is 2. The minimum absolute atomic E-state index is 0.334. The summed E-state index contributed by atoms with van der Waals surface area (Å²) in [6.07, 6.45) is 1.58. The van der Waals surface area contributed by atoms with E-state index < -0.39 is 11.7 Å². The van der Waals surface area contributed by atoms with E-state index in [1.165, 1.54) is 0 Å². The molecule has 0 saturated heterocycles. The molecule has 1 aromatic rings. The fourth-order valence-electron chi connectivity index (χ4n) is 2.09. The van der Waals surface area contributed by atoms with Gasteiger partial charge in [-0.05, 0) is 57.9 Å². The van der Waals surface area contributed by atoms with E-state index in [-0.39, 0.29) is 0 Å². The van der Waals surface area contributed by atoms with Crippen molar-refractivity contribution in [3.05, 3.63) is 24.3 Å². The molecule has 1 aliphatic rings. The third kappa shape index (κ3) is 4.42. The van der Waals surface area contributed by atoms with Crippen LogP contribution in [0.2, 0.25) is 0 Å². The highest BCUT2D eigenvalue weighted by Gasteiger charge is 2.25. The van der Waals surface area contributed by atoms with Crippen LogP contribution in [0.1, 0.15) is 33.6 Å². The first kappa shape index (κ1) is 14.7. The van der Waals surface area contributed by atoms with Crippen LogP contribution in [0, 0.1) is 0 Å². The van der Waals surface area contributed by atoms with Crippen molar-refractivity contribution in [1.29, 1.82) is 0 Å². The first-order valence-electron chi connectivity index (χ1n) is 6.94. The SMILES string of the molecule is CC(C)(C)OC(=O)Nc1ccc(NC2CC(N)C2)cc1. The van der Waals surface area contributed by atoms with E-state index in [0.717, 1.165) is 24.2 Å². The van der Waals surface area contributed by atoms with Crippen molar-refractivity contribution in [2.24, 2.45) is 5.73 Å². The van der Waals surface area contributed by atoms with E-state index >= 15 is 0 Å². The molecular formula is C15H23N3O2. The van der Waals surface area contributed by atoms with Gasteiger partial charge in [0.05, 0.1) is 0 Å². The molecule has 1 saturated carbocycles. The Morgan fingerprint density at radius 3 is 2.25 bits per heavy atom. The average Bonchev–Trinajstić information content (AvgIpc) is 2.27. The molecular weight excluding hydrogens is 254 g/mol. The normalized spacial score (nSPS) is 21.8. The maximum Gasteiger partial charge on any atom is 0.412 e. The number of hydrogen-bond donors (Lipinski definition) is 3. The van der Waals surface area contributed by atoms with Gasteiger partial charge in [-0.3, -0.25) is 5.32 Å². The van der Waals surface area contributed by atoms with Crippen molar-refractivity contribution < 1.29 is 9.53 Å². The Morgan fingerprint density at radius 1 is 1.20 bits per heavy atom. The van der Waals surface area contributed by atoms with Crippen LogP contribution in [-0.4, -0.2) is 23.8 Å². The highest BCUT2D eigenvalue weighted by Crippen LogP contribution is 2.23. The second-order valence-electron chi connectivity index (χ2n) is 6.28. The van der Waals surface area contributed by atoms with Crippen molar-refractivity contribution in [2.45, 2.75) is 51.3 Å². The van der Waals surface area contributed by atoms with Gasteiger partial charge in [-0.25, -0.2) is 4.79 Å². The van der Waals surface area contributed by atoms with Gasteiger partial charge in [0.15, 0.2) is 0 Å². The van der Waals surface area contributed by atoms with Crippen molar-refractivity contribution in [2.75, 3.05) is 10.6 Å². The molecule has 0 aromatic heterocycles. The molecule has 0 bridgehead atoms. The number of benzene rings is 1. The summed E-state index contributed by atoms with van der Waals surface area (Å²) in [5, 5.41) is 6.11. The highest BCUT2D eigenvalue weighted by atomic mass is 16.6. The number of carbonyl (C=O) groups excluding carboxylic acids is 1. The largest absolute Gasteiger partial charge is 0.444 e. The third-order valence-electron chi connectivity index (χ3n) is 3.08. The minimum atomic E-state index is -0.492. The quantitative estimate of drug-likeness (QED) is 0.794. The number of carbonyl (C=O) groups is 1. The molecule has 0 heterocycles. The van der Waals surface area contributed by atoms with Crippen molar-refractivity contribution in [3.8, 4) is 0 Å². The number of ether oxygens (including phenoxy) is 1. The summed E-state index contributed by atoms with van der Waals surface area (Å²) in [4.78, 5) is 11.6. The molecule has 5 heteroatoms. The van der Waals surface area contributed by atoms with Crippen LogP contribution < -0.4 is 16.4 Å². The second-order valence-corrected chi connectivity index (χ2v) is 6.28. The van der Waals surface area contributed by atoms with E-state index in [1.807, 2.05) is 45.0 Å². The Balaban J connectivity index is 1.83. The van der Waals surface area contributed by atoms with Gasteiger partial charge in [0.25, 0.3) is 0 Å². The lowest BCUT2D eigenvalue weighted by Gasteiger charge is -2.33. The monoisotopic (exact) mass is 277 g/mol. The van der Waals surface area contributed by atoms with Crippen molar-refractivity contribution in [3.63, 3.8) is 0 Å². The maximum atomic E-state index is 11.6. The smallest absolute Gasteiger partial charge is 0.412 e. The van der Waals surface area contributed by atoms with Crippen molar-refractivity contribution in [1.82, 2.24) is 0 Å². The summed E-state index contributed by atoms with van der Waals surface area (Å²) in [6.45, 7) is 5.51. The third-order valence-corrected chi connectivity index (χ3v) is 3.08. The predicted octanol–water partition coefficient (Wildman–Crippen LogP) is 2.94. The molecule has 0 radical (unpaired) electrons. The van der Waals surface area contributed by atoms with Gasteiger partial charge in [-0.2, -0.15) is 0 Å².